The summed E-state index contributed by atoms with van der Waals surface area (Å²) in [5.41, 5.74) is 4.13. The Kier molecular flexibility index (Phi) is 9.22. The summed E-state index contributed by atoms with van der Waals surface area (Å²) in [6, 6.07) is 7.05. The molecule has 41 heavy (non-hydrogen) atoms. The number of aromatic nitrogens is 4. The number of benzene rings is 1. The second kappa shape index (κ2) is 12.8. The van der Waals surface area contributed by atoms with Crippen LogP contribution in [-0.2, 0) is 34.1 Å². The number of morpholine rings is 1. The highest BCUT2D eigenvalue weighted by Gasteiger charge is 2.27. The largest absolute Gasteiger partial charge is 0.379 e. The lowest BCUT2D eigenvalue weighted by atomic mass is 9.91. The molecule has 11 nitrogen and oxygen atoms in total. The molecule has 220 valence electrons. The maximum absolute atomic E-state index is 12.0. The Labute approximate surface area is 246 Å². The minimum Gasteiger partial charge on any atom is -0.379 e. The lowest BCUT2D eigenvalue weighted by molar-refractivity contribution is 0.00561. The first kappa shape index (κ1) is 29.4. The van der Waals surface area contributed by atoms with Crippen LogP contribution in [0.1, 0.15) is 36.6 Å². The van der Waals surface area contributed by atoms with Gasteiger partial charge < -0.3 is 15.4 Å². The highest BCUT2D eigenvalue weighted by Crippen LogP contribution is 2.31. The lowest BCUT2D eigenvalue weighted by Gasteiger charge is -2.36. The van der Waals surface area contributed by atoms with Crippen LogP contribution in [0.25, 0.3) is 0 Å². The van der Waals surface area contributed by atoms with Crippen molar-refractivity contribution in [3.8, 4) is 0 Å². The number of fused-ring (bicyclic) bond motifs is 1. The number of nitrogens with one attached hydrogen (secondary N) is 2. The third-order valence-corrected chi connectivity index (χ3v) is 9.49. The van der Waals surface area contributed by atoms with Gasteiger partial charge in [0.2, 0.25) is 16.0 Å². The van der Waals surface area contributed by atoms with Gasteiger partial charge in [-0.2, -0.15) is 4.98 Å². The SMILES string of the molecule is CC(C1CCc2ccc(Nc3ncc(Cl)c(NCc4nccnc4N(C)S(C)(=O)=O)n3)cc2CC1)N1CCOCC1. The fourth-order valence-corrected chi connectivity index (χ4v) is 6.15. The molecule has 0 radical (unpaired) electrons. The second-order valence-electron chi connectivity index (χ2n) is 10.6. The summed E-state index contributed by atoms with van der Waals surface area (Å²) in [5, 5.41) is 6.79. The first-order valence-corrected chi connectivity index (χ1v) is 16.1. The van der Waals surface area contributed by atoms with E-state index in [-0.39, 0.29) is 12.4 Å². The molecule has 3 heterocycles. The molecule has 3 aromatic rings. The van der Waals surface area contributed by atoms with Crippen molar-refractivity contribution in [2.24, 2.45) is 5.92 Å². The lowest BCUT2D eigenvalue weighted by Crippen LogP contribution is -2.45. The molecule has 1 fully saturated rings. The van der Waals surface area contributed by atoms with Gasteiger partial charge in [-0.25, -0.2) is 18.4 Å². The predicted molar refractivity (Wildman–Crippen MR) is 161 cm³/mol. The van der Waals surface area contributed by atoms with Gasteiger partial charge in [-0.1, -0.05) is 17.7 Å². The number of sulfonamides is 1. The van der Waals surface area contributed by atoms with Crippen molar-refractivity contribution < 1.29 is 13.2 Å². The van der Waals surface area contributed by atoms with E-state index in [1.54, 1.807) is 0 Å². The van der Waals surface area contributed by atoms with Crippen LogP contribution in [0.3, 0.4) is 0 Å². The summed E-state index contributed by atoms with van der Waals surface area (Å²) in [7, 11) is -2.06. The molecular weight excluding hydrogens is 564 g/mol. The molecule has 1 saturated heterocycles. The number of hydrogen-bond donors (Lipinski definition) is 2. The summed E-state index contributed by atoms with van der Waals surface area (Å²) in [5.74, 6) is 1.70. The zero-order valence-electron chi connectivity index (χ0n) is 23.7. The standard InChI is InChI=1S/C28H37ClN8O3S/c1-19(37-12-14-40-15-13-37)20-4-6-21-8-9-23(16-22(21)7-5-20)34-28-33-17-24(29)26(35-28)32-18-25-27(31-11-10-30-25)36(2)41(3,38)39/h8-11,16-17,19-20H,4-7,12-15,18H2,1-3H3,(H2,32,33,34,35). The van der Waals surface area contributed by atoms with Gasteiger partial charge in [0.25, 0.3) is 0 Å². The van der Waals surface area contributed by atoms with Crippen LogP contribution in [0.15, 0.2) is 36.8 Å². The van der Waals surface area contributed by atoms with Crippen LogP contribution >= 0.6 is 11.6 Å². The maximum Gasteiger partial charge on any atom is 0.233 e. The van der Waals surface area contributed by atoms with Gasteiger partial charge in [-0.15, -0.1) is 0 Å². The van der Waals surface area contributed by atoms with E-state index in [0.717, 1.165) is 55.4 Å². The third-order valence-electron chi connectivity index (χ3n) is 8.05. The minimum absolute atomic E-state index is 0.169. The molecule has 0 spiro atoms. The average molecular weight is 601 g/mol. The zero-order valence-corrected chi connectivity index (χ0v) is 25.2. The first-order chi connectivity index (χ1) is 19.7. The molecule has 1 aliphatic carbocycles. The Morgan fingerprint density at radius 1 is 1.12 bits per heavy atom. The normalized spacial score (nSPS) is 18.7. The molecule has 2 unspecified atom stereocenters. The van der Waals surface area contributed by atoms with E-state index in [1.165, 1.54) is 49.6 Å². The van der Waals surface area contributed by atoms with E-state index in [0.29, 0.717) is 34.4 Å². The van der Waals surface area contributed by atoms with E-state index in [4.69, 9.17) is 16.3 Å². The Morgan fingerprint density at radius 2 is 1.85 bits per heavy atom. The molecule has 1 aliphatic heterocycles. The number of halogens is 1. The summed E-state index contributed by atoms with van der Waals surface area (Å²) in [6.45, 7) is 6.25. The number of ether oxygens (including phenoxy) is 1. The van der Waals surface area contributed by atoms with Gasteiger partial charge in [0.05, 0.1) is 32.2 Å². The van der Waals surface area contributed by atoms with Gasteiger partial charge in [0.15, 0.2) is 11.6 Å². The van der Waals surface area contributed by atoms with Gasteiger partial charge >= 0.3 is 0 Å². The molecule has 13 heteroatoms. The second-order valence-corrected chi connectivity index (χ2v) is 13.1. The van der Waals surface area contributed by atoms with E-state index in [1.807, 2.05) is 0 Å². The van der Waals surface area contributed by atoms with Crippen LogP contribution in [0.5, 0.6) is 0 Å². The number of aryl methyl sites for hydroxylation is 2. The van der Waals surface area contributed by atoms with E-state index in [2.05, 4.69) is 60.6 Å². The van der Waals surface area contributed by atoms with Gasteiger partial charge in [0.1, 0.15) is 10.7 Å². The van der Waals surface area contributed by atoms with Crippen LogP contribution in [0.4, 0.5) is 23.3 Å². The zero-order chi connectivity index (χ0) is 29.0. The molecular formula is C28H37ClN8O3S. The molecule has 2 aromatic heterocycles. The van der Waals surface area contributed by atoms with Crippen molar-refractivity contribution >= 4 is 44.9 Å². The minimum atomic E-state index is -3.50. The number of anilines is 4. The van der Waals surface area contributed by atoms with E-state index >= 15 is 0 Å². The summed E-state index contributed by atoms with van der Waals surface area (Å²) in [6.07, 6.45) is 10.1. The van der Waals surface area contributed by atoms with Crippen LogP contribution in [0.2, 0.25) is 5.02 Å². The first-order valence-electron chi connectivity index (χ1n) is 13.9. The predicted octanol–water partition coefficient (Wildman–Crippen LogP) is 3.89. The van der Waals surface area contributed by atoms with Crippen molar-refractivity contribution in [1.29, 1.82) is 0 Å². The van der Waals surface area contributed by atoms with Crippen molar-refractivity contribution in [1.82, 2.24) is 24.8 Å². The van der Waals surface area contributed by atoms with Gasteiger partial charge in [0, 0.05) is 44.3 Å². The Balaban J connectivity index is 1.25. The van der Waals surface area contributed by atoms with E-state index < -0.39 is 10.0 Å². The smallest absolute Gasteiger partial charge is 0.233 e. The Bertz CT molecular complexity index is 1470. The number of hydrogen-bond acceptors (Lipinski definition) is 10. The molecule has 5 rings (SSSR count). The summed E-state index contributed by atoms with van der Waals surface area (Å²) in [4.78, 5) is 20.0. The highest BCUT2D eigenvalue weighted by molar-refractivity contribution is 7.92. The molecule has 2 aliphatic rings. The number of rotatable bonds is 9. The topological polar surface area (TPSA) is 125 Å². The molecule has 2 N–H and O–H groups in total. The molecule has 0 bridgehead atoms. The summed E-state index contributed by atoms with van der Waals surface area (Å²) >= 11 is 6.38. The fraction of sp³-hybridized carbons (Fsp3) is 0.500. The Hall–Kier alpha value is -3.06. The van der Waals surface area contributed by atoms with Crippen molar-refractivity contribution in [2.75, 3.05) is 54.5 Å². The average Bonchev–Trinajstić information content (AvgIpc) is 3.19. The van der Waals surface area contributed by atoms with Crippen molar-refractivity contribution in [2.45, 2.75) is 45.2 Å². The van der Waals surface area contributed by atoms with Crippen molar-refractivity contribution in [3.63, 3.8) is 0 Å². The van der Waals surface area contributed by atoms with Crippen LogP contribution < -0.4 is 14.9 Å². The highest BCUT2D eigenvalue weighted by atomic mass is 35.5. The quantitative estimate of drug-likeness (QED) is 0.349. The van der Waals surface area contributed by atoms with Gasteiger partial charge in [-0.05, 0) is 61.8 Å². The molecule has 1 aromatic carbocycles. The third kappa shape index (κ3) is 7.24. The van der Waals surface area contributed by atoms with Crippen LogP contribution in [0, 0.1) is 5.92 Å². The molecule has 0 amide bonds. The van der Waals surface area contributed by atoms with Gasteiger partial charge in [-0.3, -0.25) is 14.2 Å². The summed E-state index contributed by atoms with van der Waals surface area (Å²) < 4.78 is 30.7. The molecule has 2 atom stereocenters. The van der Waals surface area contributed by atoms with E-state index in [9.17, 15) is 8.42 Å². The fourth-order valence-electron chi connectivity index (χ4n) is 5.52. The maximum atomic E-state index is 12.0. The number of nitrogens with zero attached hydrogens (tertiary/aromatic N) is 6. The van der Waals surface area contributed by atoms with Crippen molar-refractivity contribution in [3.05, 3.63) is 58.6 Å². The Morgan fingerprint density at radius 3 is 2.61 bits per heavy atom. The molecule has 0 saturated carbocycles. The monoisotopic (exact) mass is 600 g/mol. The van der Waals surface area contributed by atoms with Crippen LogP contribution in [-0.4, -0.2) is 78.9 Å².